The second-order valence-corrected chi connectivity index (χ2v) is 12.3. The highest BCUT2D eigenvalue weighted by atomic mass is 19.4. The summed E-state index contributed by atoms with van der Waals surface area (Å²) in [6, 6.07) is 37.1. The van der Waals surface area contributed by atoms with Gasteiger partial charge in [0.25, 0.3) is 5.91 Å². The number of alkyl halides is 3. The van der Waals surface area contributed by atoms with Crippen LogP contribution in [0.2, 0.25) is 0 Å². The van der Waals surface area contributed by atoms with Crippen LogP contribution in [0.4, 0.5) is 18.0 Å². The molecule has 1 atom stereocenters. The van der Waals surface area contributed by atoms with E-state index in [2.05, 4.69) is 4.99 Å². The van der Waals surface area contributed by atoms with Crippen molar-refractivity contribution < 1.29 is 37.0 Å². The predicted octanol–water partition coefficient (Wildman–Crippen LogP) is 9.03. The van der Waals surface area contributed by atoms with Crippen LogP contribution in [0.3, 0.4) is 0 Å². The number of likely N-dealkylation sites (N-methyl/N-ethyl adjacent to an activating group) is 1. The van der Waals surface area contributed by atoms with Gasteiger partial charge in [-0.2, -0.15) is 18.2 Å². The number of nitrogens with zero attached hydrogens (tertiary/aromatic N) is 3. The summed E-state index contributed by atoms with van der Waals surface area (Å²) in [7, 11) is 3.23. The first-order valence-electron chi connectivity index (χ1n) is 16.7. The second-order valence-electron chi connectivity index (χ2n) is 12.3. The van der Waals surface area contributed by atoms with Crippen molar-refractivity contribution in [3.63, 3.8) is 0 Å². The second kappa shape index (κ2) is 16.3. The molecule has 0 bridgehead atoms. The normalized spacial score (nSPS) is 15.8. The van der Waals surface area contributed by atoms with E-state index in [-0.39, 0.29) is 18.1 Å². The number of hydrogen-bond donors (Lipinski definition) is 0. The first-order chi connectivity index (χ1) is 25.6. The Morgan fingerprint density at radius 2 is 1.38 bits per heavy atom. The van der Waals surface area contributed by atoms with Gasteiger partial charge in [-0.1, -0.05) is 91.0 Å². The molecule has 270 valence electrons. The van der Waals surface area contributed by atoms with Crippen LogP contribution in [0.1, 0.15) is 38.2 Å². The Balaban J connectivity index is 1.37. The van der Waals surface area contributed by atoms with Gasteiger partial charge in [-0.3, -0.25) is 4.79 Å². The molecule has 0 aliphatic carbocycles. The number of carbonyl (C=O) groups is 2. The summed E-state index contributed by atoms with van der Waals surface area (Å²) in [6.07, 6.45) is -3.33. The number of amides is 2. The van der Waals surface area contributed by atoms with E-state index in [0.717, 1.165) is 40.5 Å². The lowest BCUT2D eigenvalue weighted by atomic mass is 10.0. The van der Waals surface area contributed by atoms with Gasteiger partial charge in [-0.25, -0.2) is 9.69 Å². The van der Waals surface area contributed by atoms with Crippen molar-refractivity contribution in [2.24, 2.45) is 4.99 Å². The molecule has 0 saturated carbocycles. The quantitative estimate of drug-likeness (QED) is 0.143. The number of halogens is 3. The van der Waals surface area contributed by atoms with Gasteiger partial charge in [-0.05, 0) is 77.2 Å². The summed E-state index contributed by atoms with van der Waals surface area (Å²) in [4.78, 5) is 34.8. The van der Waals surface area contributed by atoms with Crippen LogP contribution in [0, 0.1) is 0 Å². The summed E-state index contributed by atoms with van der Waals surface area (Å²) < 4.78 is 57.7. The van der Waals surface area contributed by atoms with Gasteiger partial charge in [0.15, 0.2) is 0 Å². The zero-order chi connectivity index (χ0) is 37.4. The molecule has 0 spiro atoms. The molecule has 1 unspecified atom stereocenters. The fourth-order valence-corrected chi connectivity index (χ4v) is 5.80. The molecule has 1 saturated heterocycles. The Bertz CT molecular complexity index is 2090. The third kappa shape index (κ3) is 9.12. The highest BCUT2D eigenvalue weighted by Gasteiger charge is 2.43. The molecular weight excluding hydrogens is 683 g/mol. The van der Waals surface area contributed by atoms with Gasteiger partial charge < -0.3 is 19.1 Å². The van der Waals surface area contributed by atoms with Gasteiger partial charge in [-0.15, -0.1) is 0 Å². The molecule has 6 rings (SSSR count). The fraction of sp³-hybridized carbons (Fsp3) is 0.167. The molecule has 2 amide bonds. The molecule has 0 radical (unpaired) electrons. The van der Waals surface area contributed by atoms with Crippen molar-refractivity contribution in [2.45, 2.75) is 31.9 Å². The summed E-state index contributed by atoms with van der Waals surface area (Å²) in [6.45, 7) is 0.333. The van der Waals surface area contributed by atoms with Crippen molar-refractivity contribution in [1.82, 2.24) is 9.80 Å². The highest BCUT2D eigenvalue weighted by Crippen LogP contribution is 2.33. The highest BCUT2D eigenvalue weighted by molar-refractivity contribution is 6.08. The van der Waals surface area contributed by atoms with E-state index in [0.29, 0.717) is 30.2 Å². The van der Waals surface area contributed by atoms with Crippen molar-refractivity contribution in [3.05, 3.63) is 173 Å². The van der Waals surface area contributed by atoms with E-state index in [1.807, 2.05) is 84.9 Å². The Morgan fingerprint density at radius 3 is 2.00 bits per heavy atom. The Labute approximate surface area is 305 Å². The largest absolute Gasteiger partial charge is 0.497 e. The van der Waals surface area contributed by atoms with Crippen molar-refractivity contribution in [1.29, 1.82) is 0 Å². The molecule has 5 aromatic carbocycles. The Kier molecular flexibility index (Phi) is 11.2. The number of carbonyl (C=O) groups excluding carboxylic acids is 2. The van der Waals surface area contributed by atoms with Gasteiger partial charge in [0.2, 0.25) is 5.96 Å². The van der Waals surface area contributed by atoms with Gasteiger partial charge in [0, 0.05) is 12.6 Å². The van der Waals surface area contributed by atoms with E-state index in [9.17, 15) is 22.8 Å². The summed E-state index contributed by atoms with van der Waals surface area (Å²) in [5.74, 6) is 0.252. The lowest BCUT2D eigenvalue weighted by molar-refractivity contribution is -0.137. The monoisotopic (exact) mass is 719 g/mol. The standard InChI is InChI=1S/C42H36F3N3O5/c1-47-37(24-29-18-22-36(23-19-29)52-27-31-10-5-3-6-11-31)38(25-30-16-20-35(51-2)21-17-30)48(41(50)53-28-32-12-7-4-8-13-32)40(47)46-39(49)33-14-9-15-34(26-33)42(43,44)45/h3-23,25-26,37H,24,27-28H2,1-2H3/b38-25-,46-40?. The zero-order valence-electron chi connectivity index (χ0n) is 29.0. The van der Waals surface area contributed by atoms with Gasteiger partial charge in [0.1, 0.15) is 24.7 Å². The van der Waals surface area contributed by atoms with E-state index in [1.54, 1.807) is 49.4 Å². The van der Waals surface area contributed by atoms with Crippen molar-refractivity contribution in [3.8, 4) is 11.5 Å². The molecule has 0 N–H and O–H groups in total. The third-order valence-electron chi connectivity index (χ3n) is 8.64. The topological polar surface area (TPSA) is 80.7 Å². The van der Waals surface area contributed by atoms with Crippen LogP contribution in [0.5, 0.6) is 11.5 Å². The number of aliphatic imine (C=N–C) groups is 1. The lowest BCUT2D eigenvalue weighted by Gasteiger charge is -2.20. The maximum atomic E-state index is 14.1. The lowest BCUT2D eigenvalue weighted by Crippen LogP contribution is -2.37. The summed E-state index contributed by atoms with van der Waals surface area (Å²) >= 11 is 0. The first-order valence-corrected chi connectivity index (χ1v) is 16.7. The fourth-order valence-electron chi connectivity index (χ4n) is 5.80. The number of benzene rings is 5. The third-order valence-corrected chi connectivity index (χ3v) is 8.64. The van der Waals surface area contributed by atoms with E-state index in [4.69, 9.17) is 14.2 Å². The maximum absolute atomic E-state index is 14.1. The van der Waals surface area contributed by atoms with Crippen molar-refractivity contribution >= 4 is 24.0 Å². The minimum Gasteiger partial charge on any atom is -0.497 e. The van der Waals surface area contributed by atoms with Crippen LogP contribution >= 0.6 is 0 Å². The average Bonchev–Trinajstić information content (AvgIpc) is 3.42. The predicted molar refractivity (Wildman–Crippen MR) is 195 cm³/mol. The number of guanidine groups is 1. The molecule has 1 fully saturated rings. The molecule has 53 heavy (non-hydrogen) atoms. The number of hydrogen-bond acceptors (Lipinski definition) is 5. The Hall–Kier alpha value is -6.36. The number of methoxy groups -OCH3 is 1. The zero-order valence-corrected chi connectivity index (χ0v) is 29.0. The van der Waals surface area contributed by atoms with E-state index in [1.165, 1.54) is 11.0 Å². The summed E-state index contributed by atoms with van der Waals surface area (Å²) in [5.41, 5.74) is 2.54. The minimum atomic E-state index is -4.66. The Morgan fingerprint density at radius 1 is 0.755 bits per heavy atom. The first kappa shape index (κ1) is 36.4. The minimum absolute atomic E-state index is 0.0698. The number of ether oxygens (including phenoxy) is 3. The van der Waals surface area contributed by atoms with Crippen LogP contribution in [0.25, 0.3) is 6.08 Å². The average molecular weight is 720 g/mol. The van der Waals surface area contributed by atoms with Crippen LogP contribution in [0.15, 0.2) is 144 Å². The molecule has 11 heteroatoms. The maximum Gasteiger partial charge on any atom is 0.421 e. The molecule has 5 aromatic rings. The molecular formula is C42H36F3N3O5. The SMILES string of the molecule is COc1ccc(/C=C2/C(Cc3ccc(OCc4ccccc4)cc3)N(C)C(=NC(=O)c3cccc(C(F)(F)F)c3)N2C(=O)OCc2ccccc2)cc1. The van der Waals surface area contributed by atoms with Crippen molar-refractivity contribution in [2.75, 3.05) is 14.2 Å². The number of rotatable bonds is 10. The molecule has 1 aliphatic heterocycles. The van der Waals surface area contributed by atoms with Gasteiger partial charge >= 0.3 is 12.3 Å². The summed E-state index contributed by atoms with van der Waals surface area (Å²) in [5, 5.41) is 0. The smallest absolute Gasteiger partial charge is 0.421 e. The molecule has 0 aromatic heterocycles. The van der Waals surface area contributed by atoms with E-state index < -0.39 is 29.8 Å². The van der Waals surface area contributed by atoms with Crippen LogP contribution in [-0.2, 0) is 30.5 Å². The van der Waals surface area contributed by atoms with E-state index >= 15 is 0 Å². The molecule has 1 heterocycles. The van der Waals surface area contributed by atoms with Gasteiger partial charge in [0.05, 0.1) is 24.4 Å². The van der Waals surface area contributed by atoms with Crippen LogP contribution < -0.4 is 9.47 Å². The molecule has 1 aliphatic rings. The molecule has 8 nitrogen and oxygen atoms in total. The van der Waals surface area contributed by atoms with Crippen LogP contribution in [-0.4, -0.2) is 48.0 Å².